The van der Waals surface area contributed by atoms with E-state index in [0.717, 1.165) is 32.1 Å². The Morgan fingerprint density at radius 1 is 1.22 bits per heavy atom. The SMILES string of the molecule is CCC(O)CN(C)CCN(C)C1CCN(C)CC1. The maximum Gasteiger partial charge on any atom is 0.0664 e. The first kappa shape index (κ1) is 15.9. The first-order valence-corrected chi connectivity index (χ1v) is 7.28. The summed E-state index contributed by atoms with van der Waals surface area (Å²) in [6, 6.07) is 0.741. The van der Waals surface area contributed by atoms with Crippen molar-refractivity contribution in [3.8, 4) is 0 Å². The van der Waals surface area contributed by atoms with Crippen molar-refractivity contribution in [3.05, 3.63) is 0 Å². The summed E-state index contributed by atoms with van der Waals surface area (Å²) < 4.78 is 0. The molecule has 0 amide bonds. The molecule has 0 bridgehead atoms. The number of rotatable bonds is 7. The molecular formula is C14H31N3O. The van der Waals surface area contributed by atoms with Crippen LogP contribution in [-0.2, 0) is 0 Å². The molecule has 18 heavy (non-hydrogen) atoms. The van der Waals surface area contributed by atoms with E-state index in [1.54, 1.807) is 0 Å². The lowest BCUT2D eigenvalue weighted by Gasteiger charge is -2.35. The molecule has 1 saturated heterocycles. The molecule has 1 heterocycles. The minimum absolute atomic E-state index is 0.177. The normalized spacial score (nSPS) is 20.8. The minimum atomic E-state index is -0.177. The van der Waals surface area contributed by atoms with Crippen molar-refractivity contribution in [3.63, 3.8) is 0 Å². The van der Waals surface area contributed by atoms with E-state index < -0.39 is 0 Å². The van der Waals surface area contributed by atoms with E-state index in [9.17, 15) is 5.11 Å². The predicted molar refractivity (Wildman–Crippen MR) is 76.9 cm³/mol. The Balaban J connectivity index is 2.18. The van der Waals surface area contributed by atoms with Crippen molar-refractivity contribution >= 4 is 0 Å². The molecule has 1 fully saturated rings. The van der Waals surface area contributed by atoms with Gasteiger partial charge in [-0.1, -0.05) is 6.92 Å². The lowest BCUT2D eigenvalue weighted by molar-refractivity contribution is 0.102. The van der Waals surface area contributed by atoms with Crippen molar-refractivity contribution in [2.24, 2.45) is 0 Å². The number of likely N-dealkylation sites (N-methyl/N-ethyl adjacent to an activating group) is 2. The minimum Gasteiger partial charge on any atom is -0.392 e. The number of likely N-dealkylation sites (tertiary alicyclic amines) is 1. The van der Waals surface area contributed by atoms with Crippen molar-refractivity contribution in [1.29, 1.82) is 0 Å². The van der Waals surface area contributed by atoms with Gasteiger partial charge in [0.15, 0.2) is 0 Å². The van der Waals surface area contributed by atoms with Crippen LogP contribution >= 0.6 is 0 Å². The van der Waals surface area contributed by atoms with Gasteiger partial charge < -0.3 is 19.8 Å². The summed E-state index contributed by atoms with van der Waals surface area (Å²) in [5.41, 5.74) is 0. The molecule has 0 spiro atoms. The topological polar surface area (TPSA) is 30.0 Å². The highest BCUT2D eigenvalue weighted by Gasteiger charge is 2.20. The summed E-state index contributed by atoms with van der Waals surface area (Å²) in [5.74, 6) is 0. The zero-order valence-corrected chi connectivity index (χ0v) is 12.6. The molecule has 1 rings (SSSR count). The van der Waals surface area contributed by atoms with E-state index in [4.69, 9.17) is 0 Å². The Hall–Kier alpha value is -0.160. The van der Waals surface area contributed by atoms with Crippen molar-refractivity contribution in [2.45, 2.75) is 38.3 Å². The van der Waals surface area contributed by atoms with E-state index in [1.165, 1.54) is 25.9 Å². The molecule has 108 valence electrons. The van der Waals surface area contributed by atoms with Gasteiger partial charge in [0.05, 0.1) is 6.10 Å². The lowest BCUT2D eigenvalue weighted by Crippen LogP contribution is -2.44. The summed E-state index contributed by atoms with van der Waals surface area (Å²) in [4.78, 5) is 7.13. The Labute approximate surface area is 113 Å². The molecule has 0 aliphatic carbocycles. The van der Waals surface area contributed by atoms with E-state index in [1.807, 2.05) is 6.92 Å². The third-order valence-electron chi connectivity index (χ3n) is 4.14. The lowest BCUT2D eigenvalue weighted by atomic mass is 10.0. The van der Waals surface area contributed by atoms with Gasteiger partial charge in [0, 0.05) is 25.7 Å². The molecule has 0 aromatic carbocycles. The number of hydrogen-bond acceptors (Lipinski definition) is 4. The molecular weight excluding hydrogens is 226 g/mol. The van der Waals surface area contributed by atoms with E-state index in [-0.39, 0.29) is 6.10 Å². The highest BCUT2D eigenvalue weighted by atomic mass is 16.3. The highest BCUT2D eigenvalue weighted by Crippen LogP contribution is 2.13. The fraction of sp³-hybridized carbons (Fsp3) is 1.00. The average Bonchev–Trinajstić information content (AvgIpc) is 2.36. The standard InChI is InChI=1S/C14H31N3O/c1-5-14(18)12-16(3)10-11-17(4)13-6-8-15(2)9-7-13/h13-14,18H,5-12H2,1-4H3. The van der Waals surface area contributed by atoms with Gasteiger partial charge in [-0.2, -0.15) is 0 Å². The Morgan fingerprint density at radius 3 is 2.39 bits per heavy atom. The molecule has 1 aliphatic heterocycles. The highest BCUT2D eigenvalue weighted by molar-refractivity contribution is 4.77. The molecule has 0 saturated carbocycles. The molecule has 0 aromatic rings. The molecule has 1 aliphatic rings. The number of aliphatic hydroxyl groups excluding tert-OH is 1. The van der Waals surface area contributed by atoms with Crippen LogP contribution in [0.25, 0.3) is 0 Å². The van der Waals surface area contributed by atoms with Crippen LogP contribution in [0.2, 0.25) is 0 Å². The second kappa shape index (κ2) is 8.10. The van der Waals surface area contributed by atoms with Crippen LogP contribution in [0.4, 0.5) is 0 Å². The van der Waals surface area contributed by atoms with Gasteiger partial charge in [0.2, 0.25) is 0 Å². The van der Waals surface area contributed by atoms with Gasteiger partial charge in [-0.15, -0.1) is 0 Å². The smallest absolute Gasteiger partial charge is 0.0664 e. The van der Waals surface area contributed by atoms with Crippen molar-refractivity contribution < 1.29 is 5.11 Å². The second-order valence-electron chi connectivity index (χ2n) is 5.84. The van der Waals surface area contributed by atoms with Crippen molar-refractivity contribution in [1.82, 2.24) is 14.7 Å². The van der Waals surface area contributed by atoms with Crippen LogP contribution < -0.4 is 0 Å². The maximum absolute atomic E-state index is 9.61. The predicted octanol–water partition coefficient (Wildman–Crippen LogP) is 0.715. The largest absolute Gasteiger partial charge is 0.392 e. The summed E-state index contributed by atoms with van der Waals surface area (Å²) >= 11 is 0. The van der Waals surface area contributed by atoms with Gasteiger partial charge in [-0.25, -0.2) is 0 Å². The fourth-order valence-corrected chi connectivity index (χ4v) is 2.53. The molecule has 1 N–H and O–H groups in total. The summed E-state index contributed by atoms with van der Waals surface area (Å²) in [5, 5.41) is 9.61. The summed E-state index contributed by atoms with van der Waals surface area (Å²) in [6.07, 6.45) is 3.24. The number of hydrogen-bond donors (Lipinski definition) is 1. The fourth-order valence-electron chi connectivity index (χ4n) is 2.53. The van der Waals surface area contributed by atoms with Gasteiger partial charge in [-0.05, 0) is 53.5 Å². The quantitative estimate of drug-likeness (QED) is 0.728. The molecule has 0 aromatic heterocycles. The Morgan fingerprint density at radius 2 is 1.83 bits per heavy atom. The number of nitrogens with zero attached hydrogens (tertiary/aromatic N) is 3. The van der Waals surface area contributed by atoms with E-state index >= 15 is 0 Å². The van der Waals surface area contributed by atoms with Crippen LogP contribution in [-0.4, -0.2) is 85.8 Å². The third kappa shape index (κ3) is 5.65. The van der Waals surface area contributed by atoms with Crippen LogP contribution in [0.1, 0.15) is 26.2 Å². The molecule has 1 atom stereocenters. The van der Waals surface area contributed by atoms with Crippen LogP contribution in [0, 0.1) is 0 Å². The zero-order valence-electron chi connectivity index (χ0n) is 12.6. The Bertz CT molecular complexity index is 217. The summed E-state index contributed by atoms with van der Waals surface area (Å²) in [7, 11) is 6.54. The molecule has 1 unspecified atom stereocenters. The van der Waals surface area contributed by atoms with E-state index in [0.29, 0.717) is 0 Å². The first-order chi connectivity index (χ1) is 8.52. The number of piperidine rings is 1. The molecule has 4 nitrogen and oxygen atoms in total. The summed E-state index contributed by atoms with van der Waals surface area (Å²) in [6.45, 7) is 7.40. The van der Waals surface area contributed by atoms with Gasteiger partial charge in [-0.3, -0.25) is 0 Å². The average molecular weight is 257 g/mol. The molecule has 4 heteroatoms. The monoisotopic (exact) mass is 257 g/mol. The van der Waals surface area contributed by atoms with Gasteiger partial charge in [0.1, 0.15) is 0 Å². The van der Waals surface area contributed by atoms with Crippen molar-refractivity contribution in [2.75, 3.05) is 53.9 Å². The first-order valence-electron chi connectivity index (χ1n) is 7.28. The van der Waals surface area contributed by atoms with Gasteiger partial charge >= 0.3 is 0 Å². The van der Waals surface area contributed by atoms with Crippen LogP contribution in [0.3, 0.4) is 0 Å². The maximum atomic E-state index is 9.61. The number of aliphatic hydroxyl groups is 1. The van der Waals surface area contributed by atoms with E-state index in [2.05, 4.69) is 35.8 Å². The zero-order chi connectivity index (χ0) is 13.5. The van der Waals surface area contributed by atoms with Gasteiger partial charge in [0.25, 0.3) is 0 Å². The van der Waals surface area contributed by atoms with Crippen LogP contribution in [0.15, 0.2) is 0 Å². The molecule has 0 radical (unpaired) electrons. The second-order valence-corrected chi connectivity index (χ2v) is 5.84. The van der Waals surface area contributed by atoms with Crippen LogP contribution in [0.5, 0.6) is 0 Å². The third-order valence-corrected chi connectivity index (χ3v) is 4.14. The Kier molecular flexibility index (Phi) is 7.15.